The molecular weight excluding hydrogens is 217 g/mol. The first-order valence-corrected chi connectivity index (χ1v) is 5.83. The van der Waals surface area contributed by atoms with E-state index in [9.17, 15) is 4.39 Å². The summed E-state index contributed by atoms with van der Waals surface area (Å²) in [7, 11) is 0. The highest BCUT2D eigenvalue weighted by atomic mass is 19.1. The molecule has 0 amide bonds. The van der Waals surface area contributed by atoms with Gasteiger partial charge in [0.1, 0.15) is 0 Å². The molecule has 0 unspecified atom stereocenters. The summed E-state index contributed by atoms with van der Waals surface area (Å²) in [5, 5.41) is 3.22. The Labute approximate surface area is 102 Å². The minimum atomic E-state index is -0.335. The summed E-state index contributed by atoms with van der Waals surface area (Å²) in [4.78, 5) is 0. The fraction of sp³-hybridized carbons (Fsp3) is 0.429. The Morgan fingerprint density at radius 2 is 2.29 bits per heavy atom. The third-order valence-electron chi connectivity index (χ3n) is 2.26. The first-order valence-electron chi connectivity index (χ1n) is 5.83. The van der Waals surface area contributed by atoms with Crippen molar-refractivity contribution >= 4 is 0 Å². The maximum absolute atomic E-state index is 13.6. The van der Waals surface area contributed by atoms with E-state index in [4.69, 9.17) is 11.2 Å². The van der Waals surface area contributed by atoms with Gasteiger partial charge in [-0.2, -0.15) is 0 Å². The molecule has 1 N–H and O–H groups in total. The zero-order chi connectivity index (χ0) is 12.5. The molecule has 0 bridgehead atoms. The molecule has 17 heavy (non-hydrogen) atoms. The second-order valence-electron chi connectivity index (χ2n) is 3.74. The maximum Gasteiger partial charge on any atom is 0.165 e. The Balaban J connectivity index is 2.51. The second kappa shape index (κ2) is 7.70. The summed E-state index contributed by atoms with van der Waals surface area (Å²) in [6.07, 6.45) is 6.64. The number of hydrogen-bond acceptors (Lipinski definition) is 2. The molecule has 0 aliphatic rings. The van der Waals surface area contributed by atoms with Gasteiger partial charge in [0.05, 0.1) is 6.61 Å². The smallest absolute Gasteiger partial charge is 0.165 e. The Morgan fingerprint density at radius 3 is 2.94 bits per heavy atom. The van der Waals surface area contributed by atoms with Crippen LogP contribution in [0.1, 0.15) is 25.3 Å². The average Bonchev–Trinajstić information content (AvgIpc) is 2.32. The second-order valence-corrected chi connectivity index (χ2v) is 3.74. The highest BCUT2D eigenvalue weighted by Crippen LogP contribution is 2.18. The normalized spacial score (nSPS) is 9.94. The van der Waals surface area contributed by atoms with Crippen LogP contribution < -0.4 is 10.1 Å². The third kappa shape index (κ3) is 4.88. The van der Waals surface area contributed by atoms with Crippen molar-refractivity contribution in [3.8, 4) is 18.1 Å². The molecule has 2 nitrogen and oxygen atoms in total. The van der Waals surface area contributed by atoms with Crippen molar-refractivity contribution in [2.45, 2.75) is 26.3 Å². The predicted octanol–water partition coefficient (Wildman–Crippen LogP) is 2.73. The minimum Gasteiger partial charge on any atom is -0.490 e. The topological polar surface area (TPSA) is 21.3 Å². The largest absolute Gasteiger partial charge is 0.490 e. The number of rotatable bonds is 7. The van der Waals surface area contributed by atoms with Gasteiger partial charge in [-0.1, -0.05) is 13.0 Å². The van der Waals surface area contributed by atoms with E-state index in [2.05, 4.69) is 18.2 Å². The Hall–Kier alpha value is -1.53. The van der Waals surface area contributed by atoms with Gasteiger partial charge in [0.2, 0.25) is 0 Å². The number of halogens is 1. The van der Waals surface area contributed by atoms with Crippen LogP contribution in [0.4, 0.5) is 4.39 Å². The highest BCUT2D eigenvalue weighted by Gasteiger charge is 2.04. The lowest BCUT2D eigenvalue weighted by Crippen LogP contribution is -2.13. The minimum absolute atomic E-state index is 0.263. The van der Waals surface area contributed by atoms with Gasteiger partial charge in [-0.25, -0.2) is 4.39 Å². The van der Waals surface area contributed by atoms with E-state index in [1.807, 2.05) is 6.07 Å². The zero-order valence-corrected chi connectivity index (χ0v) is 10.1. The average molecular weight is 235 g/mol. The molecule has 92 valence electrons. The number of benzene rings is 1. The van der Waals surface area contributed by atoms with Crippen LogP contribution in [-0.4, -0.2) is 13.2 Å². The molecule has 0 radical (unpaired) electrons. The van der Waals surface area contributed by atoms with Crippen LogP contribution in [0.15, 0.2) is 18.2 Å². The zero-order valence-electron chi connectivity index (χ0n) is 10.1. The van der Waals surface area contributed by atoms with Gasteiger partial charge >= 0.3 is 0 Å². The van der Waals surface area contributed by atoms with E-state index < -0.39 is 0 Å². The Kier molecular flexibility index (Phi) is 6.13. The molecule has 1 rings (SSSR count). The number of hydrogen-bond donors (Lipinski definition) is 1. The van der Waals surface area contributed by atoms with Gasteiger partial charge in [-0.3, -0.25) is 0 Å². The van der Waals surface area contributed by atoms with Gasteiger partial charge in [0.15, 0.2) is 11.6 Å². The third-order valence-corrected chi connectivity index (χ3v) is 2.26. The molecular formula is C14H18FNO. The van der Waals surface area contributed by atoms with Crippen LogP contribution in [0.2, 0.25) is 0 Å². The van der Waals surface area contributed by atoms with Crippen LogP contribution in [-0.2, 0) is 6.54 Å². The molecule has 0 aliphatic carbocycles. The van der Waals surface area contributed by atoms with Crippen LogP contribution in [0.25, 0.3) is 0 Å². The van der Waals surface area contributed by atoms with Crippen molar-refractivity contribution in [1.29, 1.82) is 0 Å². The van der Waals surface area contributed by atoms with Gasteiger partial charge in [0.25, 0.3) is 0 Å². The standard InChI is InChI=1S/C14H18FNO/c1-3-5-9-17-14-7-6-12(10-13(14)15)11-16-8-4-2/h1,6-7,10,16H,4-5,8-9,11H2,2H3. The summed E-state index contributed by atoms with van der Waals surface area (Å²) in [5.41, 5.74) is 0.917. The van der Waals surface area contributed by atoms with Gasteiger partial charge in [-0.05, 0) is 30.7 Å². The quantitative estimate of drug-likeness (QED) is 0.579. The number of nitrogens with one attached hydrogen (secondary N) is 1. The van der Waals surface area contributed by atoms with Crippen molar-refractivity contribution < 1.29 is 9.13 Å². The molecule has 1 aromatic rings. The van der Waals surface area contributed by atoms with E-state index in [0.717, 1.165) is 18.5 Å². The number of ether oxygens (including phenoxy) is 1. The number of terminal acetylenes is 1. The summed E-state index contributed by atoms with van der Waals surface area (Å²) >= 11 is 0. The van der Waals surface area contributed by atoms with E-state index >= 15 is 0 Å². The molecule has 0 saturated carbocycles. The van der Waals surface area contributed by atoms with Crippen molar-refractivity contribution in [2.24, 2.45) is 0 Å². The van der Waals surface area contributed by atoms with Crippen molar-refractivity contribution in [3.63, 3.8) is 0 Å². The molecule has 0 atom stereocenters. The van der Waals surface area contributed by atoms with Crippen LogP contribution >= 0.6 is 0 Å². The lowest BCUT2D eigenvalue weighted by molar-refractivity contribution is 0.310. The Bertz CT molecular complexity index is 384. The van der Waals surface area contributed by atoms with Crippen molar-refractivity contribution in [2.75, 3.05) is 13.2 Å². The summed E-state index contributed by atoms with van der Waals surface area (Å²) < 4.78 is 18.8. The predicted molar refractivity (Wildman–Crippen MR) is 67.3 cm³/mol. The molecule has 1 aromatic carbocycles. The lowest BCUT2D eigenvalue weighted by Gasteiger charge is -2.08. The molecule has 0 heterocycles. The van der Waals surface area contributed by atoms with Gasteiger partial charge in [-0.15, -0.1) is 12.3 Å². The molecule has 0 spiro atoms. The fourth-order valence-electron chi connectivity index (χ4n) is 1.40. The van der Waals surface area contributed by atoms with E-state index in [-0.39, 0.29) is 11.6 Å². The first kappa shape index (κ1) is 13.5. The lowest BCUT2D eigenvalue weighted by atomic mass is 10.2. The van der Waals surface area contributed by atoms with E-state index in [1.54, 1.807) is 6.07 Å². The van der Waals surface area contributed by atoms with E-state index in [0.29, 0.717) is 19.6 Å². The van der Waals surface area contributed by atoms with Crippen LogP contribution in [0.3, 0.4) is 0 Å². The first-order chi connectivity index (χ1) is 8.27. The highest BCUT2D eigenvalue weighted by molar-refractivity contribution is 5.29. The molecule has 0 aliphatic heterocycles. The fourth-order valence-corrected chi connectivity index (χ4v) is 1.40. The molecule has 0 aromatic heterocycles. The van der Waals surface area contributed by atoms with Crippen LogP contribution in [0, 0.1) is 18.2 Å². The van der Waals surface area contributed by atoms with Gasteiger partial charge in [0, 0.05) is 13.0 Å². The van der Waals surface area contributed by atoms with Crippen LogP contribution in [0.5, 0.6) is 5.75 Å². The van der Waals surface area contributed by atoms with Crippen molar-refractivity contribution in [1.82, 2.24) is 5.32 Å². The molecule has 3 heteroatoms. The monoisotopic (exact) mass is 235 g/mol. The summed E-state index contributed by atoms with van der Waals surface area (Å²) in [6.45, 7) is 4.05. The molecule has 0 fully saturated rings. The van der Waals surface area contributed by atoms with E-state index in [1.165, 1.54) is 6.07 Å². The SMILES string of the molecule is C#CCCOc1ccc(CNCCC)cc1F. The van der Waals surface area contributed by atoms with Crippen molar-refractivity contribution in [3.05, 3.63) is 29.6 Å². The Morgan fingerprint density at radius 1 is 1.47 bits per heavy atom. The summed E-state index contributed by atoms with van der Waals surface area (Å²) in [5.74, 6) is 2.37. The summed E-state index contributed by atoms with van der Waals surface area (Å²) in [6, 6.07) is 5.00. The maximum atomic E-state index is 13.6. The van der Waals surface area contributed by atoms with Gasteiger partial charge < -0.3 is 10.1 Å². The molecule has 0 saturated heterocycles.